The van der Waals surface area contributed by atoms with Crippen LogP contribution in [0.4, 0.5) is 4.79 Å². The van der Waals surface area contributed by atoms with E-state index < -0.39 is 24.3 Å². The number of rotatable bonds is 12. The number of methoxy groups -OCH3 is 1. The number of amides is 2. The first-order valence-corrected chi connectivity index (χ1v) is 13.9. The molecular formula is C26H30BrIN4O7. The lowest BCUT2D eigenvalue weighted by Crippen LogP contribution is -2.45. The fourth-order valence-corrected chi connectivity index (χ4v) is 5.49. The van der Waals surface area contributed by atoms with E-state index in [4.69, 9.17) is 18.9 Å². The molecule has 39 heavy (non-hydrogen) atoms. The number of urea groups is 1. The summed E-state index contributed by atoms with van der Waals surface area (Å²) in [4.78, 5) is 24.5. The Bertz CT molecular complexity index is 1270. The molecule has 0 saturated carbocycles. The van der Waals surface area contributed by atoms with Gasteiger partial charge in [0.2, 0.25) is 0 Å². The van der Waals surface area contributed by atoms with Gasteiger partial charge in [-0.1, -0.05) is 22.0 Å². The molecule has 3 rings (SSSR count). The van der Waals surface area contributed by atoms with E-state index in [9.17, 15) is 14.7 Å². The van der Waals surface area contributed by atoms with Crippen LogP contribution in [0.25, 0.3) is 0 Å². The Morgan fingerprint density at radius 1 is 1.21 bits per heavy atom. The molecule has 0 spiro atoms. The normalized spacial score (nSPS) is 15.9. The number of nitrogens with zero attached hydrogens (tertiary/aromatic N) is 1. The summed E-state index contributed by atoms with van der Waals surface area (Å²) in [5.74, 6) is 0.880. The van der Waals surface area contributed by atoms with Gasteiger partial charge in [0.05, 0.1) is 41.7 Å². The van der Waals surface area contributed by atoms with Crippen LogP contribution in [0.5, 0.6) is 17.2 Å². The van der Waals surface area contributed by atoms with Crippen LogP contribution in [0, 0.1) is 3.57 Å². The van der Waals surface area contributed by atoms with Crippen molar-refractivity contribution in [1.82, 2.24) is 16.1 Å². The molecule has 0 fully saturated rings. The number of allylic oxidation sites excluding steroid dienone is 1. The molecule has 210 valence electrons. The van der Waals surface area contributed by atoms with E-state index in [0.717, 1.165) is 13.6 Å². The zero-order chi connectivity index (χ0) is 28.5. The molecule has 1 aliphatic rings. The van der Waals surface area contributed by atoms with Crippen LogP contribution in [-0.2, 0) is 9.53 Å². The summed E-state index contributed by atoms with van der Waals surface area (Å²) in [6, 6.07) is 7.64. The average molecular weight is 717 g/mol. The van der Waals surface area contributed by atoms with Gasteiger partial charge in [-0.3, -0.25) is 5.43 Å². The van der Waals surface area contributed by atoms with Crippen molar-refractivity contribution in [3.05, 3.63) is 60.8 Å². The van der Waals surface area contributed by atoms with Gasteiger partial charge in [0, 0.05) is 15.7 Å². The molecule has 0 bridgehead atoms. The first kappa shape index (κ1) is 30.5. The Kier molecular flexibility index (Phi) is 11.2. The fraction of sp³-hybridized carbons (Fsp3) is 0.346. The Labute approximate surface area is 248 Å². The second-order valence-electron chi connectivity index (χ2n) is 8.15. The molecule has 0 radical (unpaired) electrons. The second-order valence-corrected chi connectivity index (χ2v) is 10.2. The quantitative estimate of drug-likeness (QED) is 0.0851. The highest BCUT2D eigenvalue weighted by atomic mass is 127. The minimum Gasteiger partial charge on any atom is -0.492 e. The SMILES string of the molecule is CCOc1cc([C@H]2NC(=O)NC(C)=C2C(=O)OC)ccc1OC[C@H](O)N/N=C/c1cc(Br)cc(I)c1OCC. The van der Waals surface area contributed by atoms with Crippen molar-refractivity contribution in [2.75, 3.05) is 26.9 Å². The van der Waals surface area contributed by atoms with E-state index >= 15 is 0 Å². The third-order valence-electron chi connectivity index (χ3n) is 5.43. The first-order valence-electron chi connectivity index (χ1n) is 12.0. The summed E-state index contributed by atoms with van der Waals surface area (Å²) in [5.41, 5.74) is 4.64. The van der Waals surface area contributed by atoms with E-state index in [1.165, 1.54) is 7.11 Å². The molecule has 0 aliphatic carbocycles. The predicted molar refractivity (Wildman–Crippen MR) is 157 cm³/mol. The highest BCUT2D eigenvalue weighted by Gasteiger charge is 2.32. The highest BCUT2D eigenvalue weighted by molar-refractivity contribution is 14.1. The number of hydrogen-bond donors (Lipinski definition) is 4. The van der Waals surface area contributed by atoms with Crippen molar-refractivity contribution in [3.63, 3.8) is 0 Å². The summed E-state index contributed by atoms with van der Waals surface area (Å²) < 4.78 is 23.9. The monoisotopic (exact) mass is 716 g/mol. The smallest absolute Gasteiger partial charge is 0.337 e. The number of benzene rings is 2. The standard InChI is InChI=1S/C26H30BrIN4O7/c1-5-37-20-10-15(23-22(25(34)36-4)14(3)30-26(35)31-23)7-8-19(20)39-13-21(33)32-29-12-16-9-17(27)11-18(28)24(16)38-6-2/h7-12,21,23,32-33H,5-6,13H2,1-4H3,(H2,30,31,35)/b29-12+/t21-,23+/m0/s1. The van der Waals surface area contributed by atoms with E-state index in [1.54, 1.807) is 31.3 Å². The minimum atomic E-state index is -1.13. The number of halogens is 2. The van der Waals surface area contributed by atoms with Crippen LogP contribution in [0.3, 0.4) is 0 Å². The van der Waals surface area contributed by atoms with Gasteiger partial charge in [-0.2, -0.15) is 5.10 Å². The molecule has 0 aromatic heterocycles. The number of hydrazone groups is 1. The molecular weight excluding hydrogens is 687 g/mol. The minimum absolute atomic E-state index is 0.137. The zero-order valence-electron chi connectivity index (χ0n) is 21.8. The van der Waals surface area contributed by atoms with Crippen LogP contribution in [-0.4, -0.2) is 56.5 Å². The van der Waals surface area contributed by atoms with Gasteiger partial charge in [-0.15, -0.1) is 0 Å². The number of ether oxygens (including phenoxy) is 4. The molecule has 1 heterocycles. The molecule has 0 saturated heterocycles. The number of aliphatic hydroxyl groups is 1. The Morgan fingerprint density at radius 2 is 1.95 bits per heavy atom. The van der Waals surface area contributed by atoms with E-state index in [0.29, 0.717) is 41.7 Å². The Balaban J connectivity index is 1.72. The maximum absolute atomic E-state index is 12.4. The lowest BCUT2D eigenvalue weighted by Gasteiger charge is -2.28. The summed E-state index contributed by atoms with van der Waals surface area (Å²) in [6.07, 6.45) is 0.431. The fourth-order valence-electron chi connectivity index (χ4n) is 3.79. The Hall–Kier alpha value is -3.04. The molecule has 13 heteroatoms. The van der Waals surface area contributed by atoms with Crippen molar-refractivity contribution in [3.8, 4) is 17.2 Å². The average Bonchev–Trinajstić information content (AvgIpc) is 2.89. The third kappa shape index (κ3) is 7.99. The number of esters is 1. The molecule has 2 aromatic carbocycles. The van der Waals surface area contributed by atoms with Gasteiger partial charge in [0.1, 0.15) is 12.4 Å². The van der Waals surface area contributed by atoms with Crippen molar-refractivity contribution in [2.45, 2.75) is 33.0 Å². The van der Waals surface area contributed by atoms with E-state index in [1.807, 2.05) is 26.0 Å². The van der Waals surface area contributed by atoms with Gasteiger partial charge in [0.15, 0.2) is 17.7 Å². The maximum atomic E-state index is 12.4. The molecule has 2 atom stereocenters. The Morgan fingerprint density at radius 3 is 2.64 bits per heavy atom. The van der Waals surface area contributed by atoms with Crippen molar-refractivity contribution in [1.29, 1.82) is 0 Å². The van der Waals surface area contributed by atoms with Crippen LogP contribution in [0.1, 0.15) is 37.9 Å². The van der Waals surface area contributed by atoms with Crippen molar-refractivity contribution < 1.29 is 33.6 Å². The van der Waals surface area contributed by atoms with Crippen molar-refractivity contribution >= 4 is 56.7 Å². The topological polar surface area (TPSA) is 140 Å². The number of aliphatic hydroxyl groups excluding tert-OH is 1. The highest BCUT2D eigenvalue weighted by Crippen LogP contribution is 2.35. The second kappa shape index (κ2) is 14.4. The lowest BCUT2D eigenvalue weighted by atomic mass is 9.95. The van der Waals surface area contributed by atoms with Crippen LogP contribution >= 0.6 is 38.5 Å². The molecule has 0 unspecified atom stereocenters. The van der Waals surface area contributed by atoms with Gasteiger partial charge in [-0.25, -0.2) is 9.59 Å². The summed E-state index contributed by atoms with van der Waals surface area (Å²) >= 11 is 5.65. The summed E-state index contributed by atoms with van der Waals surface area (Å²) in [7, 11) is 1.28. The van der Waals surface area contributed by atoms with Crippen LogP contribution in [0.15, 0.2) is 51.2 Å². The van der Waals surface area contributed by atoms with Gasteiger partial charge >= 0.3 is 12.0 Å². The van der Waals surface area contributed by atoms with Gasteiger partial charge < -0.3 is 34.7 Å². The van der Waals surface area contributed by atoms with Crippen LogP contribution in [0.2, 0.25) is 0 Å². The number of nitrogens with one attached hydrogen (secondary N) is 3. The van der Waals surface area contributed by atoms with Crippen LogP contribution < -0.4 is 30.3 Å². The predicted octanol–water partition coefficient (Wildman–Crippen LogP) is 3.97. The molecule has 4 N–H and O–H groups in total. The van der Waals surface area contributed by atoms with E-state index in [-0.39, 0.29) is 12.2 Å². The van der Waals surface area contributed by atoms with E-state index in [2.05, 4.69) is 59.7 Å². The first-order chi connectivity index (χ1) is 18.7. The number of hydrogen-bond acceptors (Lipinski definition) is 9. The number of carbonyl (C=O) groups is 2. The summed E-state index contributed by atoms with van der Waals surface area (Å²) in [5, 5.41) is 19.8. The molecule has 11 nitrogen and oxygen atoms in total. The van der Waals surface area contributed by atoms with Gasteiger partial charge in [-0.05, 0) is 73.2 Å². The molecule has 2 amide bonds. The largest absolute Gasteiger partial charge is 0.492 e. The van der Waals surface area contributed by atoms with Gasteiger partial charge in [0.25, 0.3) is 0 Å². The summed E-state index contributed by atoms with van der Waals surface area (Å²) in [6.45, 7) is 6.06. The molecule has 1 aliphatic heterocycles. The molecule has 2 aromatic rings. The lowest BCUT2D eigenvalue weighted by molar-refractivity contribution is -0.136. The zero-order valence-corrected chi connectivity index (χ0v) is 25.6. The third-order valence-corrected chi connectivity index (χ3v) is 6.68. The number of carbonyl (C=O) groups excluding carboxylic acids is 2. The maximum Gasteiger partial charge on any atom is 0.337 e. The van der Waals surface area contributed by atoms with Crippen molar-refractivity contribution in [2.24, 2.45) is 5.10 Å².